The molecule has 3 aromatic rings. The minimum atomic E-state index is -0.176. The molecule has 1 aliphatic carbocycles. The third kappa shape index (κ3) is 4.76. The molecule has 36 heavy (non-hydrogen) atoms. The summed E-state index contributed by atoms with van der Waals surface area (Å²) in [5, 5.41) is 5.08. The first-order chi connectivity index (χ1) is 17.5. The van der Waals surface area contributed by atoms with Gasteiger partial charge in [0, 0.05) is 49.1 Å². The van der Waals surface area contributed by atoms with Crippen LogP contribution in [0.3, 0.4) is 0 Å². The highest BCUT2D eigenvalue weighted by Crippen LogP contribution is 2.33. The van der Waals surface area contributed by atoms with Crippen LogP contribution in [0.15, 0.2) is 48.5 Å². The van der Waals surface area contributed by atoms with Crippen molar-refractivity contribution in [3.05, 3.63) is 76.9 Å². The smallest absolute Gasteiger partial charge is 0.226 e. The van der Waals surface area contributed by atoms with E-state index in [-0.39, 0.29) is 23.7 Å². The number of methoxy groups -OCH3 is 1. The molecule has 1 aliphatic heterocycles. The molecule has 1 fully saturated rings. The number of benzene rings is 2. The summed E-state index contributed by atoms with van der Waals surface area (Å²) in [4.78, 5) is 17.5. The SMILES string of the molecule is COc1ccccc1-n1nc(CN(C(=O)C2CCC2)C(C)C)c2c1CCN(Cc1ccccc1F)C2. The predicted octanol–water partition coefficient (Wildman–Crippen LogP) is 5.12. The average Bonchev–Trinajstić information content (AvgIpc) is 3.20. The summed E-state index contributed by atoms with van der Waals surface area (Å²) in [5.41, 5.74) is 4.78. The average molecular weight is 491 g/mol. The summed E-state index contributed by atoms with van der Waals surface area (Å²) < 4.78 is 22.0. The van der Waals surface area contributed by atoms with E-state index in [2.05, 4.69) is 18.7 Å². The van der Waals surface area contributed by atoms with Crippen molar-refractivity contribution in [2.45, 2.75) is 65.2 Å². The number of rotatable bonds is 8. The first-order valence-corrected chi connectivity index (χ1v) is 13.0. The molecule has 5 rings (SSSR count). The lowest BCUT2D eigenvalue weighted by molar-refractivity contribution is -0.140. The quantitative estimate of drug-likeness (QED) is 0.440. The van der Waals surface area contributed by atoms with Gasteiger partial charge in [0.15, 0.2) is 0 Å². The van der Waals surface area contributed by atoms with Gasteiger partial charge in [-0.25, -0.2) is 9.07 Å². The minimum absolute atomic E-state index is 0.0864. The molecule has 190 valence electrons. The van der Waals surface area contributed by atoms with Crippen LogP contribution in [0.4, 0.5) is 4.39 Å². The van der Waals surface area contributed by atoms with Gasteiger partial charge in [-0.1, -0.05) is 36.8 Å². The Bertz CT molecular complexity index is 1230. The Morgan fingerprint density at radius 3 is 2.61 bits per heavy atom. The molecule has 0 N–H and O–H groups in total. The van der Waals surface area contributed by atoms with Crippen LogP contribution >= 0.6 is 0 Å². The van der Waals surface area contributed by atoms with Crippen LogP contribution in [0.2, 0.25) is 0 Å². The molecule has 0 atom stereocenters. The molecule has 0 bridgehead atoms. The van der Waals surface area contributed by atoms with Crippen molar-refractivity contribution in [2.75, 3.05) is 13.7 Å². The van der Waals surface area contributed by atoms with Crippen LogP contribution in [0.25, 0.3) is 5.69 Å². The van der Waals surface area contributed by atoms with Crippen LogP contribution in [-0.2, 0) is 30.8 Å². The number of hydrogen-bond acceptors (Lipinski definition) is 4. The fourth-order valence-corrected chi connectivity index (χ4v) is 5.24. The Balaban J connectivity index is 1.51. The topological polar surface area (TPSA) is 50.6 Å². The molecular formula is C29H35FN4O2. The van der Waals surface area contributed by atoms with E-state index in [1.807, 2.05) is 46.0 Å². The monoisotopic (exact) mass is 490 g/mol. The molecule has 2 heterocycles. The van der Waals surface area contributed by atoms with Gasteiger partial charge in [0.2, 0.25) is 5.91 Å². The summed E-state index contributed by atoms with van der Waals surface area (Å²) >= 11 is 0. The zero-order chi connectivity index (χ0) is 25.2. The number of ether oxygens (including phenoxy) is 1. The Labute approximate surface area is 212 Å². The number of carbonyl (C=O) groups excluding carboxylic acids is 1. The summed E-state index contributed by atoms with van der Waals surface area (Å²) in [7, 11) is 1.67. The Morgan fingerprint density at radius 1 is 1.17 bits per heavy atom. The number of para-hydroxylation sites is 2. The summed E-state index contributed by atoms with van der Waals surface area (Å²) in [6.45, 7) is 6.63. The zero-order valence-electron chi connectivity index (χ0n) is 21.4. The van der Waals surface area contributed by atoms with E-state index in [9.17, 15) is 9.18 Å². The van der Waals surface area contributed by atoms with Crippen molar-refractivity contribution in [2.24, 2.45) is 5.92 Å². The van der Waals surface area contributed by atoms with Crippen molar-refractivity contribution in [1.29, 1.82) is 0 Å². The van der Waals surface area contributed by atoms with Gasteiger partial charge in [-0.15, -0.1) is 0 Å². The van der Waals surface area contributed by atoms with Gasteiger partial charge in [-0.3, -0.25) is 9.69 Å². The number of hydrogen-bond donors (Lipinski definition) is 0. The molecule has 0 spiro atoms. The molecule has 2 aromatic carbocycles. The van der Waals surface area contributed by atoms with Gasteiger partial charge in [-0.2, -0.15) is 5.10 Å². The summed E-state index contributed by atoms with van der Waals surface area (Å²) in [6, 6.07) is 15.0. The molecule has 1 saturated carbocycles. The van der Waals surface area contributed by atoms with Gasteiger partial charge in [0.05, 0.1) is 25.0 Å². The van der Waals surface area contributed by atoms with Crippen LogP contribution in [0.1, 0.15) is 55.6 Å². The van der Waals surface area contributed by atoms with Gasteiger partial charge in [0.1, 0.15) is 17.3 Å². The number of halogens is 1. The second-order valence-electron chi connectivity index (χ2n) is 10.2. The van der Waals surface area contributed by atoms with E-state index in [0.717, 1.165) is 60.6 Å². The van der Waals surface area contributed by atoms with E-state index in [1.54, 1.807) is 13.2 Å². The molecule has 0 unspecified atom stereocenters. The van der Waals surface area contributed by atoms with Crippen LogP contribution in [0, 0.1) is 11.7 Å². The number of fused-ring (bicyclic) bond motifs is 1. The molecular weight excluding hydrogens is 455 g/mol. The molecule has 7 heteroatoms. The standard InChI is InChI=1S/C29H35FN4O2/c1-20(2)33(29(35)21-10-8-11-21)19-25-23-18-32(17-22-9-4-5-12-24(22)30)16-15-26(23)34(31-25)27-13-6-7-14-28(27)36-3/h4-7,9,12-14,20-21H,8,10-11,15-19H2,1-3H3. The van der Waals surface area contributed by atoms with Crippen LogP contribution in [0.5, 0.6) is 5.75 Å². The molecule has 0 radical (unpaired) electrons. The summed E-state index contributed by atoms with van der Waals surface area (Å²) in [6.07, 6.45) is 3.87. The maximum Gasteiger partial charge on any atom is 0.226 e. The van der Waals surface area contributed by atoms with E-state index >= 15 is 0 Å². The highest BCUT2D eigenvalue weighted by Gasteiger charge is 2.33. The minimum Gasteiger partial charge on any atom is -0.494 e. The number of amides is 1. The molecule has 0 saturated heterocycles. The Hall–Kier alpha value is -3.19. The zero-order valence-corrected chi connectivity index (χ0v) is 21.4. The summed E-state index contributed by atoms with van der Waals surface area (Å²) in [5.74, 6) is 0.952. The van der Waals surface area contributed by atoms with E-state index < -0.39 is 0 Å². The molecule has 6 nitrogen and oxygen atoms in total. The maximum absolute atomic E-state index is 14.4. The number of carbonyl (C=O) groups is 1. The second kappa shape index (κ2) is 10.4. The van der Waals surface area contributed by atoms with Gasteiger partial charge in [0.25, 0.3) is 0 Å². The van der Waals surface area contributed by atoms with E-state index in [0.29, 0.717) is 25.2 Å². The number of nitrogens with zero attached hydrogens (tertiary/aromatic N) is 4. The fourth-order valence-electron chi connectivity index (χ4n) is 5.24. The molecule has 1 aromatic heterocycles. The van der Waals surface area contributed by atoms with Crippen molar-refractivity contribution in [3.63, 3.8) is 0 Å². The highest BCUT2D eigenvalue weighted by molar-refractivity contribution is 5.79. The maximum atomic E-state index is 14.4. The third-order valence-electron chi connectivity index (χ3n) is 7.57. The van der Waals surface area contributed by atoms with Gasteiger partial charge >= 0.3 is 0 Å². The van der Waals surface area contributed by atoms with Crippen molar-refractivity contribution in [1.82, 2.24) is 19.6 Å². The Kier molecular flexibility index (Phi) is 7.10. The van der Waals surface area contributed by atoms with Crippen molar-refractivity contribution in [3.8, 4) is 11.4 Å². The van der Waals surface area contributed by atoms with Crippen LogP contribution < -0.4 is 4.74 Å². The molecule has 1 amide bonds. The lowest BCUT2D eigenvalue weighted by Gasteiger charge is -2.34. The lowest BCUT2D eigenvalue weighted by Crippen LogP contribution is -2.42. The van der Waals surface area contributed by atoms with Crippen molar-refractivity contribution < 1.29 is 13.9 Å². The fraction of sp³-hybridized carbons (Fsp3) is 0.448. The van der Waals surface area contributed by atoms with Crippen molar-refractivity contribution >= 4 is 5.91 Å². The first kappa shape index (κ1) is 24.5. The van der Waals surface area contributed by atoms with Crippen LogP contribution in [-0.4, -0.2) is 45.2 Å². The number of aromatic nitrogens is 2. The largest absolute Gasteiger partial charge is 0.494 e. The lowest BCUT2D eigenvalue weighted by atomic mass is 9.84. The molecule has 2 aliphatic rings. The second-order valence-corrected chi connectivity index (χ2v) is 10.2. The van der Waals surface area contributed by atoms with Gasteiger partial charge in [-0.05, 0) is 44.9 Å². The van der Waals surface area contributed by atoms with E-state index in [1.165, 1.54) is 6.07 Å². The Morgan fingerprint density at radius 2 is 1.92 bits per heavy atom. The first-order valence-electron chi connectivity index (χ1n) is 13.0. The normalized spacial score (nSPS) is 16.0. The van der Waals surface area contributed by atoms with E-state index in [4.69, 9.17) is 9.84 Å². The van der Waals surface area contributed by atoms with Gasteiger partial charge < -0.3 is 9.64 Å². The third-order valence-corrected chi connectivity index (χ3v) is 7.57. The highest BCUT2D eigenvalue weighted by atomic mass is 19.1. The predicted molar refractivity (Wildman–Crippen MR) is 137 cm³/mol.